The number of carbonyl (C=O) groups excluding carboxylic acids is 3. The number of carbonyl (C=O) groups is 3. The number of allylic oxidation sites excluding steroid dienone is 1. The number of unbranched alkanes of at least 4 members (excludes halogenated alkanes) is 2. The van der Waals surface area contributed by atoms with E-state index in [1.807, 2.05) is 12.2 Å². The molecule has 0 saturated carbocycles. The van der Waals surface area contributed by atoms with Crippen LogP contribution < -0.4 is 5.32 Å². The molecule has 0 aromatic heterocycles. The van der Waals surface area contributed by atoms with E-state index in [1.165, 1.54) is 0 Å². The lowest BCUT2D eigenvalue weighted by molar-refractivity contribution is -0.155. The molecule has 1 fully saturated rings. The topological polar surface area (TPSA) is 95.9 Å². The SMILES string of the molecule is CCCCCNC(=O)[C@@H]1[C@H]2C=C[C@@H](CCC)[C@@H](C(=O)OCC)[C@@H]2C(=O)N1CCCO. The van der Waals surface area contributed by atoms with Crippen LogP contribution in [-0.2, 0) is 19.1 Å². The number of aliphatic hydroxyl groups excluding tert-OH is 1. The number of hydrogen-bond donors (Lipinski definition) is 2. The standard InChI is InChI=1S/C23H38N2O5/c1-4-7-8-13-24-21(27)20-17-12-11-16(10-5-2)18(23(29)30-6-3)19(17)22(28)25(20)14-9-15-26/h11-12,16-20,26H,4-10,13-15H2,1-3H3,(H,24,27)/t16-,17+,18-,19-,20+/m1/s1. The van der Waals surface area contributed by atoms with Gasteiger partial charge in [-0.15, -0.1) is 0 Å². The van der Waals surface area contributed by atoms with Crippen LogP contribution in [0, 0.1) is 23.7 Å². The lowest BCUT2D eigenvalue weighted by Gasteiger charge is -2.33. The van der Waals surface area contributed by atoms with Crippen LogP contribution in [0.4, 0.5) is 0 Å². The normalized spacial score (nSPS) is 27.8. The molecule has 0 aromatic rings. The first kappa shape index (κ1) is 24.4. The second-order valence-electron chi connectivity index (χ2n) is 8.27. The minimum Gasteiger partial charge on any atom is -0.466 e. The molecule has 170 valence electrons. The number of nitrogens with zero attached hydrogens (tertiary/aromatic N) is 1. The summed E-state index contributed by atoms with van der Waals surface area (Å²) < 4.78 is 5.33. The summed E-state index contributed by atoms with van der Waals surface area (Å²) in [7, 11) is 0. The van der Waals surface area contributed by atoms with Crippen LogP contribution in [0.2, 0.25) is 0 Å². The summed E-state index contributed by atoms with van der Waals surface area (Å²) in [6.07, 6.45) is 9.05. The fraction of sp³-hybridized carbons (Fsp3) is 0.783. The quantitative estimate of drug-likeness (QED) is 0.286. The van der Waals surface area contributed by atoms with Crippen molar-refractivity contribution in [2.45, 2.75) is 65.3 Å². The van der Waals surface area contributed by atoms with Crippen molar-refractivity contribution in [1.29, 1.82) is 0 Å². The van der Waals surface area contributed by atoms with E-state index in [2.05, 4.69) is 19.2 Å². The first-order chi connectivity index (χ1) is 14.5. The largest absolute Gasteiger partial charge is 0.466 e. The Kier molecular flexibility index (Phi) is 9.82. The van der Waals surface area contributed by atoms with Gasteiger partial charge in [-0.1, -0.05) is 45.3 Å². The molecule has 2 aliphatic rings. The Morgan fingerprint density at radius 1 is 1.13 bits per heavy atom. The average molecular weight is 423 g/mol. The number of aliphatic hydroxyl groups is 1. The molecule has 0 spiro atoms. The Morgan fingerprint density at radius 3 is 2.53 bits per heavy atom. The zero-order valence-corrected chi connectivity index (χ0v) is 18.6. The third-order valence-corrected chi connectivity index (χ3v) is 6.20. The minimum atomic E-state index is -0.647. The van der Waals surface area contributed by atoms with Gasteiger partial charge in [-0.3, -0.25) is 14.4 Å². The molecule has 30 heavy (non-hydrogen) atoms. The van der Waals surface area contributed by atoms with Gasteiger partial charge in [-0.05, 0) is 32.1 Å². The Balaban J connectivity index is 2.32. The summed E-state index contributed by atoms with van der Waals surface area (Å²) in [5, 5.41) is 12.3. The molecule has 0 aromatic carbocycles. The number of fused-ring (bicyclic) bond motifs is 1. The zero-order valence-electron chi connectivity index (χ0n) is 18.6. The monoisotopic (exact) mass is 422 g/mol. The van der Waals surface area contributed by atoms with Crippen molar-refractivity contribution in [2.24, 2.45) is 23.7 Å². The highest BCUT2D eigenvalue weighted by atomic mass is 16.5. The Morgan fingerprint density at radius 2 is 1.90 bits per heavy atom. The van der Waals surface area contributed by atoms with Crippen LogP contribution in [0.15, 0.2) is 12.2 Å². The number of ether oxygens (including phenoxy) is 1. The average Bonchev–Trinajstić information content (AvgIpc) is 3.01. The van der Waals surface area contributed by atoms with E-state index in [4.69, 9.17) is 4.74 Å². The van der Waals surface area contributed by atoms with Gasteiger partial charge in [0.2, 0.25) is 11.8 Å². The van der Waals surface area contributed by atoms with E-state index >= 15 is 0 Å². The number of rotatable bonds is 12. The van der Waals surface area contributed by atoms with Crippen molar-refractivity contribution in [3.05, 3.63) is 12.2 Å². The molecule has 0 unspecified atom stereocenters. The first-order valence-electron chi connectivity index (χ1n) is 11.6. The number of esters is 1. The van der Waals surface area contributed by atoms with Crippen LogP contribution in [0.5, 0.6) is 0 Å². The maximum Gasteiger partial charge on any atom is 0.310 e. The Hall–Kier alpha value is -1.89. The number of likely N-dealkylation sites (tertiary alicyclic amines) is 1. The summed E-state index contributed by atoms with van der Waals surface area (Å²) >= 11 is 0. The Labute approximate surface area is 180 Å². The minimum absolute atomic E-state index is 0.0560. The maximum absolute atomic E-state index is 13.4. The van der Waals surface area contributed by atoms with Crippen molar-refractivity contribution in [3.63, 3.8) is 0 Å². The summed E-state index contributed by atoms with van der Waals surface area (Å²) in [4.78, 5) is 40.9. The van der Waals surface area contributed by atoms with Crippen molar-refractivity contribution in [2.75, 3.05) is 26.3 Å². The van der Waals surface area contributed by atoms with E-state index < -0.39 is 17.9 Å². The van der Waals surface area contributed by atoms with E-state index in [-0.39, 0.29) is 42.8 Å². The molecule has 0 radical (unpaired) electrons. The molecule has 2 amide bonds. The molecular weight excluding hydrogens is 384 g/mol. The van der Waals surface area contributed by atoms with Gasteiger partial charge in [0.1, 0.15) is 6.04 Å². The second kappa shape index (κ2) is 12.1. The molecule has 2 N–H and O–H groups in total. The van der Waals surface area contributed by atoms with Crippen LogP contribution in [0.1, 0.15) is 59.3 Å². The lowest BCUT2D eigenvalue weighted by Crippen LogP contribution is -2.48. The first-order valence-corrected chi connectivity index (χ1v) is 11.6. The number of hydrogen-bond acceptors (Lipinski definition) is 5. The summed E-state index contributed by atoms with van der Waals surface area (Å²) in [5.74, 6) is -2.28. The Bertz CT molecular complexity index is 621. The molecule has 0 bridgehead atoms. The molecule has 1 aliphatic heterocycles. The van der Waals surface area contributed by atoms with Gasteiger partial charge < -0.3 is 20.1 Å². The fourth-order valence-corrected chi connectivity index (χ4v) is 4.84. The predicted molar refractivity (Wildman–Crippen MR) is 114 cm³/mol. The smallest absolute Gasteiger partial charge is 0.310 e. The van der Waals surface area contributed by atoms with Gasteiger partial charge in [-0.2, -0.15) is 0 Å². The number of amides is 2. The van der Waals surface area contributed by atoms with Gasteiger partial charge >= 0.3 is 5.97 Å². The van der Waals surface area contributed by atoms with Crippen molar-refractivity contribution < 1.29 is 24.2 Å². The summed E-state index contributed by atoms with van der Waals surface area (Å²) in [6, 6.07) is -0.647. The van der Waals surface area contributed by atoms with E-state index in [1.54, 1.807) is 11.8 Å². The van der Waals surface area contributed by atoms with E-state index in [9.17, 15) is 19.5 Å². The van der Waals surface area contributed by atoms with Crippen molar-refractivity contribution in [1.82, 2.24) is 10.2 Å². The molecule has 2 rings (SSSR count). The van der Waals surface area contributed by atoms with Crippen molar-refractivity contribution in [3.8, 4) is 0 Å². The summed E-state index contributed by atoms with van der Waals surface area (Å²) in [6.45, 7) is 7.01. The highest BCUT2D eigenvalue weighted by Gasteiger charge is 2.57. The number of nitrogens with one attached hydrogen (secondary N) is 1. The third kappa shape index (κ3) is 5.42. The molecule has 1 aliphatic carbocycles. The molecule has 7 nitrogen and oxygen atoms in total. The van der Waals surface area contributed by atoms with Gasteiger partial charge in [0.15, 0.2) is 0 Å². The van der Waals surface area contributed by atoms with E-state index in [0.717, 1.165) is 32.1 Å². The molecule has 1 heterocycles. The second-order valence-corrected chi connectivity index (χ2v) is 8.27. The van der Waals surface area contributed by atoms with Crippen LogP contribution in [0.25, 0.3) is 0 Å². The maximum atomic E-state index is 13.4. The predicted octanol–water partition coefficient (Wildman–Crippen LogP) is 2.28. The fourth-order valence-electron chi connectivity index (χ4n) is 4.84. The van der Waals surface area contributed by atoms with Gasteiger partial charge in [0, 0.05) is 25.6 Å². The zero-order chi connectivity index (χ0) is 22.1. The van der Waals surface area contributed by atoms with Gasteiger partial charge in [0.25, 0.3) is 0 Å². The van der Waals surface area contributed by atoms with Crippen LogP contribution in [-0.4, -0.2) is 60.1 Å². The van der Waals surface area contributed by atoms with Crippen molar-refractivity contribution >= 4 is 17.8 Å². The molecule has 7 heteroatoms. The molecule has 5 atom stereocenters. The summed E-state index contributed by atoms with van der Waals surface area (Å²) in [5.41, 5.74) is 0. The van der Waals surface area contributed by atoms with Crippen LogP contribution in [0.3, 0.4) is 0 Å². The van der Waals surface area contributed by atoms with Gasteiger partial charge in [-0.25, -0.2) is 0 Å². The van der Waals surface area contributed by atoms with E-state index in [0.29, 0.717) is 19.5 Å². The molecular formula is C23H38N2O5. The van der Waals surface area contributed by atoms with Crippen LogP contribution >= 0.6 is 0 Å². The molecule has 1 saturated heterocycles. The van der Waals surface area contributed by atoms with Gasteiger partial charge in [0.05, 0.1) is 18.4 Å². The highest BCUT2D eigenvalue weighted by Crippen LogP contribution is 2.45. The third-order valence-electron chi connectivity index (χ3n) is 6.20. The lowest BCUT2D eigenvalue weighted by atomic mass is 9.69. The highest BCUT2D eigenvalue weighted by molar-refractivity contribution is 5.96.